The predicted octanol–water partition coefficient (Wildman–Crippen LogP) is 2.04. The molecule has 7 nitrogen and oxygen atoms in total. The maximum absolute atomic E-state index is 11.8. The smallest absolute Gasteiger partial charge is 0.222 e. The monoisotopic (exact) mass is 490 g/mol. The minimum absolute atomic E-state index is 0. The van der Waals surface area contributed by atoms with Crippen LogP contribution in [-0.4, -0.2) is 63.7 Å². The molecule has 1 aromatic carbocycles. The summed E-state index contributed by atoms with van der Waals surface area (Å²) in [6.45, 7) is 4.16. The number of carbonyl (C=O) groups is 1. The lowest BCUT2D eigenvalue weighted by Crippen LogP contribution is -2.45. The fraction of sp³-hybridized carbons (Fsp3) is 0.579. The number of ether oxygens (including phenoxy) is 2. The van der Waals surface area contributed by atoms with Gasteiger partial charge in [-0.05, 0) is 36.6 Å². The first-order valence-corrected chi connectivity index (χ1v) is 9.07. The molecule has 0 aromatic heterocycles. The summed E-state index contributed by atoms with van der Waals surface area (Å²) in [5, 5.41) is 6.73. The van der Waals surface area contributed by atoms with E-state index in [9.17, 15) is 4.79 Å². The molecule has 1 aliphatic heterocycles. The fourth-order valence-electron chi connectivity index (χ4n) is 3.11. The largest absolute Gasteiger partial charge is 0.497 e. The first-order chi connectivity index (χ1) is 12.6. The first-order valence-electron chi connectivity index (χ1n) is 9.07. The highest BCUT2D eigenvalue weighted by Gasteiger charge is 2.25. The number of hydrogen-bond donors (Lipinski definition) is 2. The second-order valence-corrected chi connectivity index (χ2v) is 6.25. The van der Waals surface area contributed by atoms with Crippen LogP contribution < -0.4 is 20.1 Å². The topological polar surface area (TPSA) is 75.2 Å². The van der Waals surface area contributed by atoms with Crippen LogP contribution in [0.5, 0.6) is 11.5 Å². The number of hydrogen-bond acceptors (Lipinski definition) is 4. The molecule has 0 aliphatic carbocycles. The molecular formula is C19H31IN4O3. The molecule has 2 rings (SSSR count). The molecule has 1 heterocycles. The van der Waals surface area contributed by atoms with Crippen LogP contribution in [0, 0.1) is 0 Å². The number of aliphatic imine (C=N–C) groups is 1. The van der Waals surface area contributed by atoms with Crippen molar-refractivity contribution in [3.05, 3.63) is 23.8 Å². The molecule has 1 aliphatic rings. The standard InChI is InChI=1S/C19H30N4O3.HI/c1-5-18(24)23-11-9-15(13-23)22-19(20-2)21-10-8-14-12-16(25-3)6-7-17(14)26-4;/h6-7,12,15H,5,8-11,13H2,1-4H3,(H2,20,21,22);1H. The summed E-state index contributed by atoms with van der Waals surface area (Å²) < 4.78 is 10.7. The summed E-state index contributed by atoms with van der Waals surface area (Å²) in [4.78, 5) is 18.0. The number of halogens is 1. The van der Waals surface area contributed by atoms with Crippen molar-refractivity contribution in [3.63, 3.8) is 0 Å². The van der Waals surface area contributed by atoms with Gasteiger partial charge in [0.15, 0.2) is 5.96 Å². The van der Waals surface area contributed by atoms with Crippen LogP contribution in [0.4, 0.5) is 0 Å². The van der Waals surface area contributed by atoms with E-state index in [1.54, 1.807) is 21.3 Å². The number of methoxy groups -OCH3 is 2. The molecule has 0 saturated carbocycles. The lowest BCUT2D eigenvalue weighted by Gasteiger charge is -2.19. The van der Waals surface area contributed by atoms with Crippen LogP contribution in [0.25, 0.3) is 0 Å². The van der Waals surface area contributed by atoms with E-state index in [1.807, 2.05) is 30.0 Å². The third-order valence-electron chi connectivity index (χ3n) is 4.58. The number of benzene rings is 1. The first kappa shape index (κ1) is 23.3. The predicted molar refractivity (Wildman–Crippen MR) is 118 cm³/mol. The quantitative estimate of drug-likeness (QED) is 0.348. The van der Waals surface area contributed by atoms with Gasteiger partial charge in [0.1, 0.15) is 11.5 Å². The molecule has 1 fully saturated rings. The van der Waals surface area contributed by atoms with Gasteiger partial charge in [-0.3, -0.25) is 9.79 Å². The maximum atomic E-state index is 11.8. The zero-order valence-electron chi connectivity index (χ0n) is 16.6. The Balaban J connectivity index is 0.00000364. The highest BCUT2D eigenvalue weighted by Crippen LogP contribution is 2.24. The number of nitrogens with one attached hydrogen (secondary N) is 2. The highest BCUT2D eigenvalue weighted by atomic mass is 127. The molecule has 152 valence electrons. The van der Waals surface area contributed by atoms with Gasteiger partial charge in [0, 0.05) is 39.1 Å². The third kappa shape index (κ3) is 6.75. The van der Waals surface area contributed by atoms with Gasteiger partial charge in [-0.1, -0.05) is 6.92 Å². The summed E-state index contributed by atoms with van der Waals surface area (Å²) in [6, 6.07) is 6.03. The minimum Gasteiger partial charge on any atom is -0.497 e. The lowest BCUT2D eigenvalue weighted by atomic mass is 10.1. The minimum atomic E-state index is 0. The van der Waals surface area contributed by atoms with E-state index in [2.05, 4.69) is 15.6 Å². The van der Waals surface area contributed by atoms with E-state index in [1.165, 1.54) is 0 Å². The number of amides is 1. The van der Waals surface area contributed by atoms with Gasteiger partial charge in [0.25, 0.3) is 0 Å². The lowest BCUT2D eigenvalue weighted by molar-refractivity contribution is -0.129. The summed E-state index contributed by atoms with van der Waals surface area (Å²) in [5.74, 6) is 2.63. The van der Waals surface area contributed by atoms with Gasteiger partial charge in [-0.2, -0.15) is 0 Å². The molecular weight excluding hydrogens is 459 g/mol. The van der Waals surface area contributed by atoms with Crippen LogP contribution in [0.1, 0.15) is 25.3 Å². The Morgan fingerprint density at radius 3 is 2.74 bits per heavy atom. The molecule has 1 aromatic rings. The Morgan fingerprint density at radius 1 is 1.33 bits per heavy atom. The SMILES string of the molecule is CCC(=O)N1CCC(NC(=NC)NCCc2cc(OC)ccc2OC)C1.I. The maximum Gasteiger partial charge on any atom is 0.222 e. The molecule has 1 amide bonds. The van der Waals surface area contributed by atoms with Crippen LogP contribution >= 0.6 is 24.0 Å². The Morgan fingerprint density at radius 2 is 2.11 bits per heavy atom. The summed E-state index contributed by atoms with van der Waals surface area (Å²) in [6.07, 6.45) is 2.28. The van der Waals surface area contributed by atoms with Crippen molar-refractivity contribution in [3.8, 4) is 11.5 Å². The van der Waals surface area contributed by atoms with E-state index in [4.69, 9.17) is 9.47 Å². The average Bonchev–Trinajstić information content (AvgIpc) is 3.14. The molecule has 0 spiro atoms. The number of nitrogens with zero attached hydrogens (tertiary/aromatic N) is 2. The molecule has 1 unspecified atom stereocenters. The van der Waals surface area contributed by atoms with Crippen molar-refractivity contribution < 1.29 is 14.3 Å². The van der Waals surface area contributed by atoms with Gasteiger partial charge in [0.2, 0.25) is 5.91 Å². The van der Waals surface area contributed by atoms with Crippen molar-refractivity contribution >= 4 is 35.8 Å². The van der Waals surface area contributed by atoms with Crippen molar-refractivity contribution in [1.29, 1.82) is 0 Å². The van der Waals surface area contributed by atoms with Gasteiger partial charge < -0.3 is 25.0 Å². The van der Waals surface area contributed by atoms with Crippen molar-refractivity contribution in [2.45, 2.75) is 32.2 Å². The van der Waals surface area contributed by atoms with Crippen molar-refractivity contribution in [1.82, 2.24) is 15.5 Å². The number of guanidine groups is 1. The zero-order valence-corrected chi connectivity index (χ0v) is 18.9. The second-order valence-electron chi connectivity index (χ2n) is 6.25. The second kappa shape index (κ2) is 11.9. The number of likely N-dealkylation sites (tertiary alicyclic amines) is 1. The van der Waals surface area contributed by atoms with E-state index < -0.39 is 0 Å². The Labute approximate surface area is 178 Å². The molecule has 0 bridgehead atoms. The van der Waals surface area contributed by atoms with Gasteiger partial charge in [-0.25, -0.2) is 0 Å². The van der Waals surface area contributed by atoms with Crippen LogP contribution in [-0.2, 0) is 11.2 Å². The molecule has 1 atom stereocenters. The van der Waals surface area contributed by atoms with Gasteiger partial charge in [0.05, 0.1) is 14.2 Å². The fourth-order valence-corrected chi connectivity index (χ4v) is 3.11. The summed E-state index contributed by atoms with van der Waals surface area (Å²) >= 11 is 0. The highest BCUT2D eigenvalue weighted by molar-refractivity contribution is 14.0. The van der Waals surface area contributed by atoms with E-state index >= 15 is 0 Å². The van der Waals surface area contributed by atoms with E-state index in [-0.39, 0.29) is 35.9 Å². The Hall–Kier alpha value is -1.71. The molecule has 0 radical (unpaired) electrons. The zero-order chi connectivity index (χ0) is 18.9. The normalized spacial score (nSPS) is 16.5. The van der Waals surface area contributed by atoms with Gasteiger partial charge in [-0.15, -0.1) is 24.0 Å². The molecule has 2 N–H and O–H groups in total. The Kier molecular flexibility index (Phi) is 10.3. The summed E-state index contributed by atoms with van der Waals surface area (Å²) in [5.41, 5.74) is 1.08. The molecule has 1 saturated heterocycles. The summed E-state index contributed by atoms with van der Waals surface area (Å²) in [7, 11) is 5.08. The van der Waals surface area contributed by atoms with E-state index in [0.717, 1.165) is 49.0 Å². The van der Waals surface area contributed by atoms with Crippen LogP contribution in [0.15, 0.2) is 23.2 Å². The van der Waals surface area contributed by atoms with Crippen molar-refractivity contribution in [2.75, 3.05) is 40.9 Å². The number of carbonyl (C=O) groups excluding carboxylic acids is 1. The molecule has 27 heavy (non-hydrogen) atoms. The molecule has 8 heteroatoms. The van der Waals surface area contributed by atoms with Crippen molar-refractivity contribution in [2.24, 2.45) is 4.99 Å². The average molecular weight is 490 g/mol. The van der Waals surface area contributed by atoms with Gasteiger partial charge >= 0.3 is 0 Å². The number of rotatable bonds is 7. The van der Waals surface area contributed by atoms with Crippen LogP contribution in [0.3, 0.4) is 0 Å². The van der Waals surface area contributed by atoms with E-state index in [0.29, 0.717) is 13.0 Å². The Bertz CT molecular complexity index is 639. The third-order valence-corrected chi connectivity index (χ3v) is 4.58. The van der Waals surface area contributed by atoms with Crippen LogP contribution in [0.2, 0.25) is 0 Å².